The molecule has 1 N–H and O–H groups in total. The van der Waals surface area contributed by atoms with Gasteiger partial charge in [-0.3, -0.25) is 9.59 Å². The van der Waals surface area contributed by atoms with Crippen molar-refractivity contribution in [1.29, 1.82) is 0 Å². The zero-order chi connectivity index (χ0) is 21.7. The molecule has 0 saturated heterocycles. The first-order valence-electron chi connectivity index (χ1n) is 11.3. The number of hydrogen-bond donors (Lipinski definition) is 1. The average Bonchev–Trinajstić information content (AvgIpc) is 3.48. The first kappa shape index (κ1) is 22.3. The van der Waals surface area contributed by atoms with Crippen molar-refractivity contribution in [3.63, 3.8) is 0 Å². The zero-order valence-corrected chi connectivity index (χ0v) is 18.9. The predicted molar refractivity (Wildman–Crippen MR) is 120 cm³/mol. The van der Waals surface area contributed by atoms with Gasteiger partial charge in [-0.2, -0.15) is 0 Å². The van der Waals surface area contributed by atoms with Gasteiger partial charge in [0.25, 0.3) is 0 Å². The fraction of sp³-hybridized carbons (Fsp3) is 0.625. The van der Waals surface area contributed by atoms with E-state index in [1.165, 1.54) is 0 Å². The molecule has 0 spiro atoms. The highest BCUT2D eigenvalue weighted by Gasteiger charge is 2.29. The van der Waals surface area contributed by atoms with E-state index in [-0.39, 0.29) is 17.7 Å². The van der Waals surface area contributed by atoms with Gasteiger partial charge in [0.05, 0.1) is 11.0 Å². The molecule has 6 heteroatoms. The van der Waals surface area contributed by atoms with Crippen LogP contribution in [-0.2, 0) is 22.6 Å². The summed E-state index contributed by atoms with van der Waals surface area (Å²) >= 11 is 0. The number of amides is 2. The van der Waals surface area contributed by atoms with Crippen LogP contribution in [0.4, 0.5) is 0 Å². The molecule has 3 rings (SSSR count). The van der Waals surface area contributed by atoms with Crippen LogP contribution in [0, 0.1) is 17.8 Å². The Hall–Kier alpha value is -2.37. The van der Waals surface area contributed by atoms with Gasteiger partial charge in [0.1, 0.15) is 12.4 Å². The van der Waals surface area contributed by atoms with Crippen LogP contribution >= 0.6 is 0 Å². The van der Waals surface area contributed by atoms with Crippen molar-refractivity contribution in [2.75, 3.05) is 19.6 Å². The molecule has 0 unspecified atom stereocenters. The molecular weight excluding hydrogens is 376 g/mol. The number of carbonyl (C=O) groups excluding carboxylic acids is 2. The molecule has 1 heterocycles. The summed E-state index contributed by atoms with van der Waals surface area (Å²) in [6.45, 7) is 11.1. The Morgan fingerprint density at radius 1 is 1.13 bits per heavy atom. The van der Waals surface area contributed by atoms with E-state index in [0.29, 0.717) is 24.9 Å². The van der Waals surface area contributed by atoms with Gasteiger partial charge in [-0.25, -0.2) is 4.98 Å². The molecule has 30 heavy (non-hydrogen) atoms. The Kier molecular flexibility index (Phi) is 7.51. The van der Waals surface area contributed by atoms with Crippen LogP contribution in [0.15, 0.2) is 24.3 Å². The number of carbonyl (C=O) groups is 2. The highest BCUT2D eigenvalue weighted by atomic mass is 16.2. The number of nitrogens with zero attached hydrogens (tertiary/aromatic N) is 3. The summed E-state index contributed by atoms with van der Waals surface area (Å²) in [6.07, 6.45) is 3.60. The van der Waals surface area contributed by atoms with Crippen molar-refractivity contribution >= 4 is 22.8 Å². The number of rotatable bonds is 11. The van der Waals surface area contributed by atoms with Crippen LogP contribution in [0.25, 0.3) is 11.0 Å². The van der Waals surface area contributed by atoms with Gasteiger partial charge in [0, 0.05) is 32.0 Å². The summed E-state index contributed by atoms with van der Waals surface area (Å²) in [5.74, 6) is 2.34. The van der Waals surface area contributed by atoms with Gasteiger partial charge in [-0.05, 0) is 43.2 Å². The van der Waals surface area contributed by atoms with Crippen LogP contribution in [0.5, 0.6) is 0 Å². The molecule has 0 atom stereocenters. The lowest BCUT2D eigenvalue weighted by Crippen LogP contribution is -2.39. The van der Waals surface area contributed by atoms with E-state index in [1.807, 2.05) is 29.2 Å². The van der Waals surface area contributed by atoms with Crippen molar-refractivity contribution in [3.05, 3.63) is 30.1 Å². The number of aryl methyl sites for hydroxylation is 1. The highest BCUT2D eigenvalue weighted by molar-refractivity contribution is 5.81. The molecule has 2 amide bonds. The standard InChI is InChI=1S/C24H36N4O2/c1-17(2)14-27(15-18(3)4)23(29)16-28-21-9-6-5-8-20(21)26-22(28)10-7-13-25-24(30)19-11-12-19/h5-6,8-9,17-19H,7,10-16H2,1-4H3,(H,25,30). The SMILES string of the molecule is CC(C)CN(CC(C)C)C(=O)Cn1c(CCCNC(=O)C2CC2)nc2ccccc21. The molecular formula is C24H36N4O2. The smallest absolute Gasteiger partial charge is 0.242 e. The number of benzene rings is 1. The lowest BCUT2D eigenvalue weighted by Gasteiger charge is -2.27. The fourth-order valence-electron chi connectivity index (χ4n) is 3.84. The third kappa shape index (κ3) is 6.07. The first-order chi connectivity index (χ1) is 14.3. The number of fused-ring (bicyclic) bond motifs is 1. The maximum Gasteiger partial charge on any atom is 0.242 e. The Labute approximate surface area is 180 Å². The molecule has 1 saturated carbocycles. The van der Waals surface area contributed by atoms with Gasteiger partial charge in [0.15, 0.2) is 0 Å². The second kappa shape index (κ2) is 10.1. The van der Waals surface area contributed by atoms with Crippen LogP contribution in [0.2, 0.25) is 0 Å². The maximum atomic E-state index is 13.2. The third-order valence-corrected chi connectivity index (χ3v) is 5.38. The molecule has 1 aromatic heterocycles. The minimum atomic E-state index is 0.142. The molecule has 1 aliphatic carbocycles. The molecule has 1 aliphatic rings. The largest absolute Gasteiger partial charge is 0.356 e. The van der Waals surface area contributed by atoms with Gasteiger partial charge >= 0.3 is 0 Å². The lowest BCUT2D eigenvalue weighted by atomic mass is 10.1. The van der Waals surface area contributed by atoms with E-state index >= 15 is 0 Å². The lowest BCUT2D eigenvalue weighted by molar-refractivity contribution is -0.132. The topological polar surface area (TPSA) is 67.2 Å². The third-order valence-electron chi connectivity index (χ3n) is 5.38. The molecule has 0 bridgehead atoms. The second-order valence-electron chi connectivity index (χ2n) is 9.36. The minimum Gasteiger partial charge on any atom is -0.356 e. The minimum absolute atomic E-state index is 0.142. The maximum absolute atomic E-state index is 13.2. The van der Waals surface area contributed by atoms with Crippen molar-refractivity contribution in [1.82, 2.24) is 19.8 Å². The normalized spacial score (nSPS) is 13.9. The molecule has 1 fully saturated rings. The van der Waals surface area contributed by atoms with Crippen molar-refractivity contribution < 1.29 is 9.59 Å². The summed E-state index contributed by atoms with van der Waals surface area (Å²) in [5.41, 5.74) is 1.92. The summed E-state index contributed by atoms with van der Waals surface area (Å²) in [7, 11) is 0. The number of hydrogen-bond acceptors (Lipinski definition) is 3. The van der Waals surface area contributed by atoms with Crippen molar-refractivity contribution in [2.45, 2.75) is 59.9 Å². The fourth-order valence-corrected chi connectivity index (χ4v) is 3.84. The molecule has 0 aliphatic heterocycles. The molecule has 164 valence electrons. The monoisotopic (exact) mass is 412 g/mol. The van der Waals surface area contributed by atoms with E-state index in [0.717, 1.165) is 55.6 Å². The van der Waals surface area contributed by atoms with Gasteiger partial charge in [-0.1, -0.05) is 39.8 Å². The van der Waals surface area contributed by atoms with Gasteiger partial charge in [0.2, 0.25) is 11.8 Å². The first-order valence-corrected chi connectivity index (χ1v) is 11.3. The van der Waals surface area contributed by atoms with E-state index in [1.54, 1.807) is 0 Å². The predicted octanol–water partition coefficient (Wildman–Crippen LogP) is 3.64. The average molecular weight is 413 g/mol. The Bertz CT molecular complexity index is 857. The zero-order valence-electron chi connectivity index (χ0n) is 18.9. The Morgan fingerprint density at radius 3 is 2.43 bits per heavy atom. The number of aromatic nitrogens is 2. The molecule has 1 aromatic carbocycles. The molecule has 2 aromatic rings. The molecule has 0 radical (unpaired) electrons. The van der Waals surface area contributed by atoms with Crippen LogP contribution in [0.1, 0.15) is 52.8 Å². The van der Waals surface area contributed by atoms with E-state index < -0.39 is 0 Å². The van der Waals surface area contributed by atoms with Gasteiger partial charge in [-0.15, -0.1) is 0 Å². The quantitative estimate of drug-likeness (QED) is 0.573. The van der Waals surface area contributed by atoms with Crippen LogP contribution < -0.4 is 5.32 Å². The van der Waals surface area contributed by atoms with Crippen molar-refractivity contribution in [2.24, 2.45) is 17.8 Å². The van der Waals surface area contributed by atoms with Crippen molar-refractivity contribution in [3.8, 4) is 0 Å². The summed E-state index contributed by atoms with van der Waals surface area (Å²) in [4.78, 5) is 31.8. The van der Waals surface area contributed by atoms with E-state index in [2.05, 4.69) is 37.6 Å². The van der Waals surface area contributed by atoms with Crippen LogP contribution in [-0.4, -0.2) is 45.9 Å². The summed E-state index contributed by atoms with van der Waals surface area (Å²) in [5, 5.41) is 3.02. The summed E-state index contributed by atoms with van der Waals surface area (Å²) in [6, 6.07) is 7.99. The Morgan fingerprint density at radius 2 is 1.80 bits per heavy atom. The number of para-hydroxylation sites is 2. The van der Waals surface area contributed by atoms with Crippen LogP contribution in [0.3, 0.4) is 0 Å². The second-order valence-corrected chi connectivity index (χ2v) is 9.36. The van der Waals surface area contributed by atoms with E-state index in [9.17, 15) is 9.59 Å². The van der Waals surface area contributed by atoms with Gasteiger partial charge < -0.3 is 14.8 Å². The number of imidazole rings is 1. The summed E-state index contributed by atoms with van der Waals surface area (Å²) < 4.78 is 2.06. The molecule has 6 nitrogen and oxygen atoms in total. The highest BCUT2D eigenvalue weighted by Crippen LogP contribution is 2.28. The Balaban J connectivity index is 1.71. The van der Waals surface area contributed by atoms with E-state index in [4.69, 9.17) is 4.98 Å². The number of nitrogens with one attached hydrogen (secondary N) is 1.